The minimum atomic E-state index is -0.317. The third kappa shape index (κ3) is 4.06. The maximum Gasteiger partial charge on any atom is 0.323 e. The van der Waals surface area contributed by atoms with E-state index in [1.54, 1.807) is 24.3 Å². The number of amides is 2. The molecule has 0 aromatic heterocycles. The van der Waals surface area contributed by atoms with Gasteiger partial charge in [-0.2, -0.15) is 0 Å². The Kier molecular flexibility index (Phi) is 4.73. The van der Waals surface area contributed by atoms with Crippen molar-refractivity contribution in [1.29, 1.82) is 0 Å². The lowest BCUT2D eigenvalue weighted by atomic mass is 10.1. The van der Waals surface area contributed by atoms with Crippen LogP contribution in [0.25, 0.3) is 0 Å². The van der Waals surface area contributed by atoms with Crippen molar-refractivity contribution in [1.82, 2.24) is 0 Å². The van der Waals surface area contributed by atoms with E-state index in [1.807, 2.05) is 24.3 Å². The number of benzene rings is 2. The lowest BCUT2D eigenvalue weighted by molar-refractivity contribution is 0.101. The largest absolute Gasteiger partial charge is 0.323 e. The summed E-state index contributed by atoms with van der Waals surface area (Å²) in [5.74, 6) is -0.000128. The van der Waals surface area contributed by atoms with Crippen LogP contribution in [0.4, 0.5) is 16.2 Å². The number of nitrogens with one attached hydrogen (secondary N) is 2. The topological polar surface area (TPSA) is 58.2 Å². The second-order valence-electron chi connectivity index (χ2n) is 4.22. The van der Waals surface area contributed by atoms with Crippen molar-refractivity contribution in [2.24, 2.45) is 0 Å². The summed E-state index contributed by atoms with van der Waals surface area (Å²) in [6.07, 6.45) is 0. The van der Waals surface area contributed by atoms with Gasteiger partial charge in [0.1, 0.15) is 0 Å². The Hall–Kier alpha value is -1.89. The zero-order valence-electron chi connectivity index (χ0n) is 10.8. The minimum absolute atomic E-state index is 0.000128. The third-order valence-corrected chi connectivity index (χ3v) is 3.30. The van der Waals surface area contributed by atoms with Gasteiger partial charge in [-0.1, -0.05) is 6.07 Å². The zero-order chi connectivity index (χ0) is 14.5. The molecule has 0 radical (unpaired) electrons. The fourth-order valence-corrected chi connectivity index (χ4v) is 2.19. The van der Waals surface area contributed by atoms with Crippen molar-refractivity contribution >= 4 is 45.8 Å². The van der Waals surface area contributed by atoms with Crippen LogP contribution in [0.15, 0.2) is 48.5 Å². The molecule has 0 aliphatic carbocycles. The van der Waals surface area contributed by atoms with Crippen LogP contribution in [0, 0.1) is 3.57 Å². The van der Waals surface area contributed by atoms with Gasteiger partial charge in [0.05, 0.1) is 0 Å². The van der Waals surface area contributed by atoms with Gasteiger partial charge < -0.3 is 10.6 Å². The van der Waals surface area contributed by atoms with E-state index in [2.05, 4.69) is 33.2 Å². The second kappa shape index (κ2) is 6.51. The highest BCUT2D eigenvalue weighted by molar-refractivity contribution is 14.1. The van der Waals surface area contributed by atoms with Gasteiger partial charge >= 0.3 is 6.03 Å². The molecule has 2 amide bonds. The van der Waals surface area contributed by atoms with Crippen molar-refractivity contribution in [3.05, 3.63) is 57.7 Å². The molecule has 0 heterocycles. The molecule has 0 aliphatic rings. The predicted molar refractivity (Wildman–Crippen MR) is 88.2 cm³/mol. The maximum atomic E-state index is 11.8. The molecule has 0 saturated carbocycles. The molecule has 20 heavy (non-hydrogen) atoms. The van der Waals surface area contributed by atoms with Gasteiger partial charge in [0.25, 0.3) is 0 Å². The summed E-state index contributed by atoms with van der Waals surface area (Å²) >= 11 is 2.18. The first-order chi connectivity index (χ1) is 9.54. The molecule has 0 saturated heterocycles. The lowest BCUT2D eigenvalue weighted by Gasteiger charge is -2.08. The number of Topliss-reactive ketones (excluding diaryl/α,β-unsaturated/α-hetero) is 1. The zero-order valence-corrected chi connectivity index (χ0v) is 13.0. The summed E-state index contributed by atoms with van der Waals surface area (Å²) in [7, 11) is 0. The van der Waals surface area contributed by atoms with Gasteiger partial charge in [-0.3, -0.25) is 4.79 Å². The average Bonchev–Trinajstić information content (AvgIpc) is 2.39. The van der Waals surface area contributed by atoms with Crippen molar-refractivity contribution in [2.75, 3.05) is 10.6 Å². The molecule has 0 spiro atoms. The van der Waals surface area contributed by atoms with E-state index in [9.17, 15) is 9.59 Å². The Morgan fingerprint density at radius 2 is 1.60 bits per heavy atom. The van der Waals surface area contributed by atoms with E-state index in [4.69, 9.17) is 0 Å². The first kappa shape index (κ1) is 14.5. The second-order valence-corrected chi connectivity index (χ2v) is 5.47. The fourth-order valence-electron chi connectivity index (χ4n) is 1.65. The highest BCUT2D eigenvalue weighted by Gasteiger charge is 2.04. The van der Waals surface area contributed by atoms with Crippen LogP contribution in [0.2, 0.25) is 0 Å². The SMILES string of the molecule is CC(=O)c1ccc(NC(=O)Nc2cccc(I)c2)cc1. The number of ketones is 1. The average molecular weight is 380 g/mol. The first-order valence-corrected chi connectivity index (χ1v) is 7.07. The normalized spacial score (nSPS) is 9.90. The number of carbonyl (C=O) groups excluding carboxylic acids is 2. The summed E-state index contributed by atoms with van der Waals surface area (Å²) in [6, 6.07) is 14.0. The summed E-state index contributed by atoms with van der Waals surface area (Å²) < 4.78 is 1.05. The first-order valence-electron chi connectivity index (χ1n) is 5.99. The highest BCUT2D eigenvalue weighted by atomic mass is 127. The van der Waals surface area contributed by atoms with Crippen molar-refractivity contribution < 1.29 is 9.59 Å². The molecule has 2 rings (SSSR count). The van der Waals surface area contributed by atoms with E-state index < -0.39 is 0 Å². The summed E-state index contributed by atoms with van der Waals surface area (Å²) in [4.78, 5) is 23.0. The van der Waals surface area contributed by atoms with Gasteiger partial charge in [-0.15, -0.1) is 0 Å². The Morgan fingerprint density at radius 1 is 0.950 bits per heavy atom. The van der Waals surface area contributed by atoms with Crippen molar-refractivity contribution in [2.45, 2.75) is 6.92 Å². The number of hydrogen-bond donors (Lipinski definition) is 2. The Labute approximate surface area is 130 Å². The molecule has 2 aromatic rings. The van der Waals surface area contributed by atoms with Crippen LogP contribution < -0.4 is 10.6 Å². The Balaban J connectivity index is 1.99. The van der Waals surface area contributed by atoms with E-state index in [1.165, 1.54) is 6.92 Å². The molecule has 0 unspecified atom stereocenters. The Bertz CT molecular complexity index is 639. The molecule has 0 fully saturated rings. The number of hydrogen-bond acceptors (Lipinski definition) is 2. The summed E-state index contributed by atoms with van der Waals surface area (Å²) in [6.45, 7) is 1.51. The molecular formula is C15H13IN2O2. The maximum absolute atomic E-state index is 11.8. The van der Waals surface area contributed by atoms with E-state index in [-0.39, 0.29) is 11.8 Å². The quantitative estimate of drug-likeness (QED) is 0.621. The van der Waals surface area contributed by atoms with Crippen LogP contribution in [0.3, 0.4) is 0 Å². The number of urea groups is 1. The summed E-state index contributed by atoms with van der Waals surface area (Å²) in [5, 5.41) is 5.46. The fraction of sp³-hybridized carbons (Fsp3) is 0.0667. The highest BCUT2D eigenvalue weighted by Crippen LogP contribution is 2.14. The third-order valence-electron chi connectivity index (χ3n) is 2.63. The molecular weight excluding hydrogens is 367 g/mol. The minimum Gasteiger partial charge on any atom is -0.308 e. The lowest BCUT2D eigenvalue weighted by Crippen LogP contribution is -2.19. The van der Waals surface area contributed by atoms with Crippen LogP contribution in [0.1, 0.15) is 17.3 Å². The molecule has 5 heteroatoms. The van der Waals surface area contributed by atoms with Gasteiger partial charge in [0.2, 0.25) is 0 Å². The number of rotatable bonds is 3. The molecule has 0 aliphatic heterocycles. The molecule has 4 nitrogen and oxygen atoms in total. The van der Waals surface area contributed by atoms with Crippen molar-refractivity contribution in [3.63, 3.8) is 0 Å². The smallest absolute Gasteiger partial charge is 0.308 e. The molecule has 0 bridgehead atoms. The summed E-state index contributed by atoms with van der Waals surface area (Å²) in [5.41, 5.74) is 1.99. The van der Waals surface area contributed by atoms with Crippen molar-refractivity contribution in [3.8, 4) is 0 Å². The standard InChI is InChI=1S/C15H13IN2O2/c1-10(19)11-5-7-13(8-6-11)17-15(20)18-14-4-2-3-12(16)9-14/h2-9H,1H3,(H2,17,18,20). The molecule has 0 atom stereocenters. The van der Waals surface area contributed by atoms with Gasteiger partial charge in [0, 0.05) is 20.5 Å². The predicted octanol–water partition coefficient (Wildman–Crippen LogP) is 4.14. The van der Waals surface area contributed by atoms with Crippen LogP contribution in [0.5, 0.6) is 0 Å². The monoisotopic (exact) mass is 380 g/mol. The van der Waals surface area contributed by atoms with E-state index >= 15 is 0 Å². The molecule has 102 valence electrons. The van der Waals surface area contributed by atoms with Gasteiger partial charge in [-0.05, 0) is 72.0 Å². The van der Waals surface area contributed by atoms with Crippen LogP contribution >= 0.6 is 22.6 Å². The van der Waals surface area contributed by atoms with Crippen LogP contribution in [-0.4, -0.2) is 11.8 Å². The number of carbonyl (C=O) groups is 2. The van der Waals surface area contributed by atoms with Crippen LogP contribution in [-0.2, 0) is 0 Å². The molecule has 2 aromatic carbocycles. The molecule has 2 N–H and O–H groups in total. The number of halogens is 1. The Morgan fingerprint density at radius 3 is 2.20 bits per heavy atom. The van der Waals surface area contributed by atoms with E-state index in [0.29, 0.717) is 11.3 Å². The number of anilines is 2. The van der Waals surface area contributed by atoms with Gasteiger partial charge in [-0.25, -0.2) is 4.79 Å². The van der Waals surface area contributed by atoms with E-state index in [0.717, 1.165) is 9.26 Å². The van der Waals surface area contributed by atoms with Gasteiger partial charge in [0.15, 0.2) is 5.78 Å².